The van der Waals surface area contributed by atoms with E-state index in [-0.39, 0.29) is 5.78 Å². The quantitative estimate of drug-likeness (QED) is 0.814. The van der Waals surface area contributed by atoms with Gasteiger partial charge in [-0.2, -0.15) is 0 Å². The lowest BCUT2D eigenvalue weighted by atomic mass is 10.1. The smallest absolute Gasteiger partial charge is 0.178 e. The van der Waals surface area contributed by atoms with Crippen LogP contribution >= 0.6 is 35.0 Å². The monoisotopic (exact) mass is 338 g/mol. The lowest BCUT2D eigenvalue weighted by Gasteiger charge is -2.24. The molecule has 3 rings (SSSR count). The molecule has 1 unspecified atom stereocenters. The SMILES string of the molecule is O=C(Cc1ccc(Cl)c(Cl)c1)C1CSc2ccccc2O1. The number of benzene rings is 2. The molecule has 0 N–H and O–H groups in total. The molecule has 0 bridgehead atoms. The van der Waals surface area contributed by atoms with E-state index in [1.165, 1.54) is 0 Å². The van der Waals surface area contributed by atoms with Crippen LogP contribution in [0.3, 0.4) is 0 Å². The van der Waals surface area contributed by atoms with Crippen LogP contribution in [0.1, 0.15) is 5.56 Å². The number of thioether (sulfide) groups is 1. The first-order valence-electron chi connectivity index (χ1n) is 6.48. The molecule has 21 heavy (non-hydrogen) atoms. The lowest BCUT2D eigenvalue weighted by molar-refractivity contribution is -0.124. The lowest BCUT2D eigenvalue weighted by Crippen LogP contribution is -2.33. The Labute approximate surface area is 137 Å². The van der Waals surface area contributed by atoms with Crippen molar-refractivity contribution < 1.29 is 9.53 Å². The third-order valence-electron chi connectivity index (χ3n) is 3.23. The van der Waals surface area contributed by atoms with Gasteiger partial charge in [0.2, 0.25) is 0 Å². The molecule has 0 amide bonds. The van der Waals surface area contributed by atoms with Crippen LogP contribution in [0, 0.1) is 0 Å². The van der Waals surface area contributed by atoms with E-state index in [0.29, 0.717) is 22.2 Å². The molecule has 5 heteroatoms. The Balaban J connectivity index is 1.70. The molecule has 2 aromatic rings. The maximum Gasteiger partial charge on any atom is 0.178 e. The number of hydrogen-bond acceptors (Lipinski definition) is 3. The minimum Gasteiger partial charge on any atom is -0.481 e. The van der Waals surface area contributed by atoms with Crippen LogP contribution in [0.2, 0.25) is 10.0 Å². The first-order valence-corrected chi connectivity index (χ1v) is 8.23. The van der Waals surface area contributed by atoms with Crippen molar-refractivity contribution in [2.24, 2.45) is 0 Å². The molecular weight excluding hydrogens is 327 g/mol. The Morgan fingerprint density at radius 1 is 1.19 bits per heavy atom. The zero-order valence-corrected chi connectivity index (χ0v) is 13.3. The molecule has 0 fully saturated rings. The van der Waals surface area contributed by atoms with Gasteiger partial charge in [-0.05, 0) is 29.8 Å². The molecule has 108 valence electrons. The van der Waals surface area contributed by atoms with Crippen LogP contribution < -0.4 is 4.74 Å². The second-order valence-electron chi connectivity index (χ2n) is 4.76. The Kier molecular flexibility index (Phi) is 4.43. The van der Waals surface area contributed by atoms with E-state index in [0.717, 1.165) is 16.2 Å². The topological polar surface area (TPSA) is 26.3 Å². The summed E-state index contributed by atoms with van der Waals surface area (Å²) in [6, 6.07) is 13.0. The van der Waals surface area contributed by atoms with E-state index in [9.17, 15) is 4.79 Å². The molecule has 0 saturated heterocycles. The predicted octanol–water partition coefficient (Wildman–Crippen LogP) is 4.66. The molecule has 0 aromatic heterocycles. The van der Waals surface area contributed by atoms with E-state index < -0.39 is 6.10 Å². The van der Waals surface area contributed by atoms with Crippen LogP contribution in [0.4, 0.5) is 0 Å². The fourth-order valence-corrected chi connectivity index (χ4v) is 3.48. The number of fused-ring (bicyclic) bond motifs is 1. The van der Waals surface area contributed by atoms with Crippen LogP contribution in [-0.4, -0.2) is 17.6 Å². The summed E-state index contributed by atoms with van der Waals surface area (Å²) >= 11 is 13.5. The summed E-state index contributed by atoms with van der Waals surface area (Å²) in [5.74, 6) is 1.47. The van der Waals surface area contributed by atoms with Crippen LogP contribution in [-0.2, 0) is 11.2 Å². The molecular formula is C16H12Cl2O2S. The summed E-state index contributed by atoms with van der Waals surface area (Å²) in [5.41, 5.74) is 0.849. The zero-order chi connectivity index (χ0) is 14.8. The summed E-state index contributed by atoms with van der Waals surface area (Å²) in [6.45, 7) is 0. The maximum absolute atomic E-state index is 12.4. The highest BCUT2D eigenvalue weighted by Gasteiger charge is 2.26. The van der Waals surface area contributed by atoms with Gasteiger partial charge >= 0.3 is 0 Å². The number of halogens is 2. The normalized spacial score (nSPS) is 17.0. The molecule has 2 nitrogen and oxygen atoms in total. The molecule has 1 heterocycles. The molecule has 0 aliphatic carbocycles. The number of carbonyl (C=O) groups is 1. The van der Waals surface area contributed by atoms with E-state index >= 15 is 0 Å². The van der Waals surface area contributed by atoms with Crippen molar-refractivity contribution in [3.63, 3.8) is 0 Å². The average molecular weight is 339 g/mol. The highest BCUT2D eigenvalue weighted by atomic mass is 35.5. The Hall–Kier alpha value is -1.16. The zero-order valence-electron chi connectivity index (χ0n) is 11.0. The average Bonchev–Trinajstić information content (AvgIpc) is 2.50. The van der Waals surface area contributed by atoms with Gasteiger partial charge in [-0.25, -0.2) is 0 Å². The van der Waals surface area contributed by atoms with E-state index in [1.54, 1.807) is 23.9 Å². The third kappa shape index (κ3) is 3.37. The number of rotatable bonds is 3. The number of carbonyl (C=O) groups excluding carboxylic acids is 1. The van der Waals surface area contributed by atoms with Crippen molar-refractivity contribution in [3.8, 4) is 5.75 Å². The second-order valence-corrected chi connectivity index (χ2v) is 6.63. The van der Waals surface area contributed by atoms with Gasteiger partial charge in [-0.3, -0.25) is 4.79 Å². The number of Topliss-reactive ketones (excluding diaryl/α,β-unsaturated/α-hetero) is 1. The van der Waals surface area contributed by atoms with Gasteiger partial charge in [0, 0.05) is 17.1 Å². The number of hydrogen-bond donors (Lipinski definition) is 0. The van der Waals surface area contributed by atoms with Crippen molar-refractivity contribution in [2.45, 2.75) is 17.4 Å². The first kappa shape index (κ1) is 14.8. The van der Waals surface area contributed by atoms with Crippen molar-refractivity contribution in [1.29, 1.82) is 0 Å². The number of para-hydroxylation sites is 1. The summed E-state index contributed by atoms with van der Waals surface area (Å²) in [7, 11) is 0. The largest absolute Gasteiger partial charge is 0.481 e. The Morgan fingerprint density at radius 3 is 2.81 bits per heavy atom. The summed E-state index contributed by atoms with van der Waals surface area (Å²) in [5, 5.41) is 0.956. The summed E-state index contributed by atoms with van der Waals surface area (Å²) < 4.78 is 5.79. The fourth-order valence-electron chi connectivity index (χ4n) is 2.14. The highest BCUT2D eigenvalue weighted by molar-refractivity contribution is 7.99. The molecule has 0 spiro atoms. The second kappa shape index (κ2) is 6.30. The summed E-state index contributed by atoms with van der Waals surface area (Å²) in [4.78, 5) is 13.4. The minimum atomic E-state index is -0.417. The highest BCUT2D eigenvalue weighted by Crippen LogP contribution is 2.35. The fraction of sp³-hybridized carbons (Fsp3) is 0.188. The van der Waals surface area contributed by atoms with E-state index in [4.69, 9.17) is 27.9 Å². The number of ether oxygens (including phenoxy) is 1. The third-order valence-corrected chi connectivity index (χ3v) is 5.09. The van der Waals surface area contributed by atoms with Gasteiger partial charge in [0.15, 0.2) is 11.9 Å². The van der Waals surface area contributed by atoms with Crippen molar-refractivity contribution >= 4 is 40.7 Å². The van der Waals surface area contributed by atoms with Crippen molar-refractivity contribution in [3.05, 3.63) is 58.1 Å². The van der Waals surface area contributed by atoms with Gasteiger partial charge in [0.25, 0.3) is 0 Å². The maximum atomic E-state index is 12.4. The number of ketones is 1. The molecule has 1 aliphatic heterocycles. The standard InChI is InChI=1S/C16H12Cl2O2S/c17-11-6-5-10(7-12(11)18)8-13(19)15-9-21-16-4-2-1-3-14(16)20-15/h1-7,15H,8-9H2. The van der Waals surface area contributed by atoms with E-state index in [2.05, 4.69) is 0 Å². The van der Waals surface area contributed by atoms with Crippen LogP contribution in [0.25, 0.3) is 0 Å². The Bertz CT molecular complexity index is 688. The first-order chi connectivity index (χ1) is 10.1. The van der Waals surface area contributed by atoms with Gasteiger partial charge in [-0.15, -0.1) is 11.8 Å². The molecule has 0 radical (unpaired) electrons. The van der Waals surface area contributed by atoms with Crippen LogP contribution in [0.15, 0.2) is 47.4 Å². The van der Waals surface area contributed by atoms with Crippen molar-refractivity contribution in [2.75, 3.05) is 5.75 Å². The molecule has 1 atom stereocenters. The molecule has 0 saturated carbocycles. The van der Waals surface area contributed by atoms with Gasteiger partial charge in [0.05, 0.1) is 10.0 Å². The van der Waals surface area contributed by atoms with Crippen molar-refractivity contribution in [1.82, 2.24) is 0 Å². The molecule has 2 aromatic carbocycles. The van der Waals surface area contributed by atoms with Gasteiger partial charge in [-0.1, -0.05) is 41.4 Å². The van der Waals surface area contributed by atoms with Gasteiger partial charge in [0.1, 0.15) is 5.75 Å². The molecule has 1 aliphatic rings. The van der Waals surface area contributed by atoms with Gasteiger partial charge < -0.3 is 4.74 Å². The minimum absolute atomic E-state index is 0.0513. The summed E-state index contributed by atoms with van der Waals surface area (Å²) in [6.07, 6.45) is -0.121. The van der Waals surface area contributed by atoms with Crippen LogP contribution in [0.5, 0.6) is 5.75 Å². The predicted molar refractivity (Wildman–Crippen MR) is 86.8 cm³/mol. The Morgan fingerprint density at radius 2 is 2.00 bits per heavy atom. The van der Waals surface area contributed by atoms with E-state index in [1.807, 2.05) is 30.3 Å².